The summed E-state index contributed by atoms with van der Waals surface area (Å²) in [7, 11) is 0. The van der Waals surface area contributed by atoms with Crippen LogP contribution >= 0.6 is 0 Å². The maximum Gasteiger partial charge on any atom is 0.311 e. The van der Waals surface area contributed by atoms with Crippen LogP contribution < -0.4 is 0 Å². The lowest BCUT2D eigenvalue weighted by molar-refractivity contribution is -0.166. The number of phenols is 1. The molecule has 0 aliphatic carbocycles. The van der Waals surface area contributed by atoms with Gasteiger partial charge in [0, 0.05) is 23.7 Å². The molecule has 5 nitrogen and oxygen atoms in total. The van der Waals surface area contributed by atoms with Crippen molar-refractivity contribution < 1.29 is 14.6 Å². The summed E-state index contributed by atoms with van der Waals surface area (Å²) in [6.07, 6.45) is 5.56. The smallest absolute Gasteiger partial charge is 0.311 e. The number of esters is 1. The van der Waals surface area contributed by atoms with E-state index in [2.05, 4.69) is 22.5 Å². The highest BCUT2D eigenvalue weighted by Gasteiger charge is 2.45. The summed E-state index contributed by atoms with van der Waals surface area (Å²) < 4.78 is 6.19. The molecule has 1 N–H and O–H groups in total. The van der Waals surface area contributed by atoms with Crippen LogP contribution in [0.3, 0.4) is 0 Å². The van der Waals surface area contributed by atoms with Gasteiger partial charge in [0.15, 0.2) is 0 Å². The molecular weight excluding hydrogens is 364 g/mol. The van der Waals surface area contributed by atoms with Gasteiger partial charge >= 0.3 is 5.97 Å². The molecule has 3 aliphatic heterocycles. The molecule has 29 heavy (non-hydrogen) atoms. The lowest BCUT2D eigenvalue weighted by Crippen LogP contribution is -2.55. The Morgan fingerprint density at radius 2 is 2.17 bits per heavy atom. The molecule has 0 spiro atoms. The number of rotatable bonds is 4. The van der Waals surface area contributed by atoms with Crippen molar-refractivity contribution in [2.24, 2.45) is 17.3 Å². The van der Waals surface area contributed by atoms with E-state index < -0.39 is 11.5 Å². The second kappa shape index (κ2) is 7.45. The van der Waals surface area contributed by atoms with Crippen LogP contribution in [-0.2, 0) is 9.53 Å². The van der Waals surface area contributed by atoms with Gasteiger partial charge in [-0.2, -0.15) is 0 Å². The molecule has 3 saturated heterocycles. The largest absolute Gasteiger partial charge is 0.508 e. The third-order valence-corrected chi connectivity index (χ3v) is 6.42. The fourth-order valence-corrected chi connectivity index (χ4v) is 4.74. The van der Waals surface area contributed by atoms with E-state index in [1.54, 1.807) is 24.4 Å². The van der Waals surface area contributed by atoms with Crippen LogP contribution in [-0.4, -0.2) is 40.1 Å². The summed E-state index contributed by atoms with van der Waals surface area (Å²) in [6, 6.07) is 7.20. The highest BCUT2D eigenvalue weighted by molar-refractivity contribution is 5.84. The average Bonchev–Trinajstić information content (AvgIpc) is 2.71. The molecule has 154 valence electrons. The third kappa shape index (κ3) is 3.76. The number of aromatic hydroxyl groups is 1. The molecule has 5 atom stereocenters. The first-order chi connectivity index (χ1) is 13.8. The first-order valence-electron chi connectivity index (χ1n) is 10.4. The molecule has 5 rings (SSSR count). The Kier molecular flexibility index (Phi) is 5.11. The van der Waals surface area contributed by atoms with E-state index in [4.69, 9.17) is 4.74 Å². The zero-order valence-electron chi connectivity index (χ0n) is 17.5. The van der Waals surface area contributed by atoms with Gasteiger partial charge in [0.2, 0.25) is 0 Å². The summed E-state index contributed by atoms with van der Waals surface area (Å²) in [5.74, 6) is 1.04. The van der Waals surface area contributed by atoms with Gasteiger partial charge in [-0.05, 0) is 76.3 Å². The molecule has 5 heteroatoms. The summed E-state index contributed by atoms with van der Waals surface area (Å²) in [5.41, 5.74) is 1.11. The maximum atomic E-state index is 12.9. The van der Waals surface area contributed by atoms with Gasteiger partial charge in [-0.25, -0.2) is 0 Å². The molecule has 2 bridgehead atoms. The minimum absolute atomic E-state index is 0.115. The molecule has 1 aromatic carbocycles. The molecule has 0 radical (unpaired) electrons. The quantitative estimate of drug-likeness (QED) is 0.612. The summed E-state index contributed by atoms with van der Waals surface area (Å²) in [4.78, 5) is 19.8. The molecule has 0 amide bonds. The fraction of sp³-hybridized carbons (Fsp3) is 0.500. The number of nitrogens with zero attached hydrogens (tertiary/aromatic N) is 2. The highest BCUT2D eigenvalue weighted by atomic mass is 16.5. The number of piperidine rings is 3. The normalized spacial score (nSPS) is 27.6. The Bertz CT molecular complexity index is 933. The maximum absolute atomic E-state index is 12.9. The van der Waals surface area contributed by atoms with E-state index in [0.717, 1.165) is 42.4 Å². The molecular formula is C24H30N2O3. The SMILES string of the molecule is C=CC1CN2CCC1CC2[C@@H](OC(=O)C(C)(C)C)c1ccnc2ccc(O)cc12. The lowest BCUT2D eigenvalue weighted by atomic mass is 9.73. The van der Waals surface area contributed by atoms with Crippen molar-refractivity contribution >= 4 is 16.9 Å². The molecule has 4 unspecified atom stereocenters. The number of pyridine rings is 1. The molecule has 3 fully saturated rings. The Hall–Kier alpha value is -2.40. The molecule has 1 aromatic heterocycles. The van der Waals surface area contributed by atoms with E-state index in [-0.39, 0.29) is 17.8 Å². The van der Waals surface area contributed by atoms with Crippen LogP contribution in [0.1, 0.15) is 45.3 Å². The number of carbonyl (C=O) groups excluding carboxylic acids is 1. The van der Waals surface area contributed by atoms with Gasteiger partial charge in [-0.3, -0.25) is 14.7 Å². The van der Waals surface area contributed by atoms with Gasteiger partial charge in [-0.15, -0.1) is 6.58 Å². The lowest BCUT2D eigenvalue weighted by Gasteiger charge is -2.51. The number of fused-ring (bicyclic) bond motifs is 4. The Balaban J connectivity index is 1.77. The zero-order valence-corrected chi connectivity index (χ0v) is 17.5. The number of hydrogen-bond acceptors (Lipinski definition) is 5. The Morgan fingerprint density at radius 1 is 1.38 bits per heavy atom. The van der Waals surface area contributed by atoms with Crippen molar-refractivity contribution in [1.29, 1.82) is 0 Å². The van der Waals surface area contributed by atoms with Gasteiger partial charge in [0.05, 0.1) is 17.0 Å². The molecule has 4 heterocycles. The number of phenolic OH excluding ortho intramolecular Hbond substituents is 1. The fourth-order valence-electron chi connectivity index (χ4n) is 4.74. The summed E-state index contributed by atoms with van der Waals surface area (Å²) in [5, 5.41) is 10.9. The van der Waals surface area contributed by atoms with Gasteiger partial charge in [0.25, 0.3) is 0 Å². The number of ether oxygens (including phenoxy) is 1. The number of aromatic nitrogens is 1. The van der Waals surface area contributed by atoms with Crippen LogP contribution in [0.2, 0.25) is 0 Å². The van der Waals surface area contributed by atoms with E-state index >= 15 is 0 Å². The van der Waals surface area contributed by atoms with Crippen LogP contribution in [0, 0.1) is 17.3 Å². The Morgan fingerprint density at radius 3 is 2.83 bits per heavy atom. The summed E-state index contributed by atoms with van der Waals surface area (Å²) in [6.45, 7) is 11.6. The molecule has 0 saturated carbocycles. The average molecular weight is 395 g/mol. The predicted molar refractivity (Wildman–Crippen MR) is 113 cm³/mol. The third-order valence-electron chi connectivity index (χ3n) is 6.42. The minimum Gasteiger partial charge on any atom is -0.508 e. The van der Waals surface area contributed by atoms with E-state index in [0.29, 0.717) is 11.8 Å². The molecule has 2 aromatic rings. The number of hydrogen-bond donors (Lipinski definition) is 1. The van der Waals surface area contributed by atoms with Crippen molar-refractivity contribution in [3.63, 3.8) is 0 Å². The van der Waals surface area contributed by atoms with Crippen molar-refractivity contribution in [3.8, 4) is 5.75 Å². The monoisotopic (exact) mass is 394 g/mol. The summed E-state index contributed by atoms with van der Waals surface area (Å²) >= 11 is 0. The standard InChI is InChI=1S/C24H30N2O3/c1-5-15-14-26-11-9-16(15)12-21(26)22(29-23(28)24(2,3)4)18-8-10-25-20-7-6-17(27)13-19(18)20/h5-8,10,13,15-16,21-22,27H,1,9,11-12,14H2,2-4H3/t15?,16?,21?,22-/m0/s1. The van der Waals surface area contributed by atoms with Gasteiger partial charge in [-0.1, -0.05) is 6.08 Å². The number of benzene rings is 1. The zero-order chi connectivity index (χ0) is 20.8. The van der Waals surface area contributed by atoms with Crippen LogP contribution in [0.5, 0.6) is 5.75 Å². The first kappa shape index (κ1) is 19.9. The van der Waals surface area contributed by atoms with Crippen molar-refractivity contribution in [1.82, 2.24) is 9.88 Å². The van der Waals surface area contributed by atoms with Crippen LogP contribution in [0.15, 0.2) is 43.1 Å². The van der Waals surface area contributed by atoms with Gasteiger partial charge in [0.1, 0.15) is 11.9 Å². The van der Waals surface area contributed by atoms with Crippen molar-refractivity contribution in [3.05, 3.63) is 48.7 Å². The predicted octanol–water partition coefficient (Wildman–Crippen LogP) is 4.47. The van der Waals surface area contributed by atoms with E-state index in [1.165, 1.54) is 0 Å². The highest BCUT2D eigenvalue weighted by Crippen LogP contribution is 2.44. The first-order valence-corrected chi connectivity index (χ1v) is 10.4. The second-order valence-electron chi connectivity index (χ2n) is 9.42. The van der Waals surface area contributed by atoms with Crippen molar-refractivity contribution in [2.45, 2.75) is 45.8 Å². The topological polar surface area (TPSA) is 62.7 Å². The van der Waals surface area contributed by atoms with Gasteiger partial charge < -0.3 is 9.84 Å². The van der Waals surface area contributed by atoms with Crippen molar-refractivity contribution in [2.75, 3.05) is 13.1 Å². The Labute approximate surface area is 172 Å². The molecule has 3 aliphatic rings. The second-order valence-corrected chi connectivity index (χ2v) is 9.42. The van der Waals surface area contributed by atoms with E-state index in [9.17, 15) is 9.90 Å². The van der Waals surface area contributed by atoms with Crippen LogP contribution in [0.4, 0.5) is 0 Å². The van der Waals surface area contributed by atoms with Crippen LogP contribution in [0.25, 0.3) is 10.9 Å². The number of carbonyl (C=O) groups is 1. The van der Waals surface area contributed by atoms with E-state index in [1.807, 2.05) is 26.8 Å². The minimum atomic E-state index is -0.587.